The standard InChI is InChI=1S/C35H27N3S/c1-23(37-30(25-14-6-3-7-15-25)22-29(36)24-12-4-2-5-13-24)38-31-18-10-8-17-28(31)34-32(38)21-20-27-26-16-9-11-19-33(26)39-35(27)34/h2-23H,36H2,1H3. The van der Waals surface area contributed by atoms with Crippen LogP contribution in [0.5, 0.6) is 0 Å². The number of nitrogens with zero attached hydrogens (tertiary/aromatic N) is 2. The van der Waals surface area contributed by atoms with E-state index in [1.165, 1.54) is 42.0 Å². The summed E-state index contributed by atoms with van der Waals surface area (Å²) in [4.78, 5) is 5.30. The van der Waals surface area contributed by atoms with Crippen molar-refractivity contribution in [3.05, 3.63) is 139 Å². The second-order valence-electron chi connectivity index (χ2n) is 9.80. The maximum Gasteiger partial charge on any atom is 0.123 e. The van der Waals surface area contributed by atoms with Gasteiger partial charge in [0.15, 0.2) is 0 Å². The Kier molecular flexibility index (Phi) is 5.75. The van der Waals surface area contributed by atoms with Crippen LogP contribution in [-0.2, 0) is 0 Å². The van der Waals surface area contributed by atoms with Crippen LogP contribution < -0.4 is 5.73 Å². The number of fused-ring (bicyclic) bond motifs is 7. The Labute approximate surface area is 231 Å². The summed E-state index contributed by atoms with van der Waals surface area (Å²) < 4.78 is 5.01. The third kappa shape index (κ3) is 4.01. The smallest absolute Gasteiger partial charge is 0.123 e. The van der Waals surface area contributed by atoms with E-state index in [4.69, 9.17) is 10.7 Å². The number of allylic oxidation sites excluding steroid dienone is 1. The van der Waals surface area contributed by atoms with Crippen molar-refractivity contribution in [2.24, 2.45) is 10.7 Å². The Morgan fingerprint density at radius 1 is 0.692 bits per heavy atom. The molecule has 0 aliphatic carbocycles. The quantitative estimate of drug-likeness (QED) is 0.225. The third-order valence-electron chi connectivity index (χ3n) is 7.39. The zero-order chi connectivity index (χ0) is 26.3. The lowest BCUT2D eigenvalue weighted by Gasteiger charge is -2.15. The molecule has 0 fully saturated rings. The molecule has 0 saturated heterocycles. The van der Waals surface area contributed by atoms with Crippen LogP contribution >= 0.6 is 11.3 Å². The highest BCUT2D eigenvalue weighted by atomic mass is 32.1. The van der Waals surface area contributed by atoms with Gasteiger partial charge in [0.1, 0.15) is 6.17 Å². The van der Waals surface area contributed by atoms with Crippen LogP contribution in [0.3, 0.4) is 0 Å². The van der Waals surface area contributed by atoms with E-state index in [2.05, 4.69) is 84.3 Å². The molecule has 0 radical (unpaired) electrons. The summed E-state index contributed by atoms with van der Waals surface area (Å²) >= 11 is 1.87. The minimum absolute atomic E-state index is 0.158. The molecule has 7 rings (SSSR count). The number of rotatable bonds is 5. The molecule has 1 unspecified atom stereocenters. The maximum atomic E-state index is 6.58. The molecule has 5 aromatic carbocycles. The Morgan fingerprint density at radius 2 is 1.33 bits per heavy atom. The van der Waals surface area contributed by atoms with E-state index in [1.54, 1.807) is 0 Å². The van der Waals surface area contributed by atoms with E-state index in [0.717, 1.165) is 16.8 Å². The normalized spacial score (nSPS) is 13.6. The fraction of sp³-hybridized carbons (Fsp3) is 0.0571. The van der Waals surface area contributed by atoms with Gasteiger partial charge in [-0.3, -0.25) is 4.99 Å². The first-order chi connectivity index (χ1) is 19.2. The average molecular weight is 522 g/mol. The van der Waals surface area contributed by atoms with Gasteiger partial charge in [-0.2, -0.15) is 0 Å². The van der Waals surface area contributed by atoms with Crippen LogP contribution in [0.25, 0.3) is 47.7 Å². The van der Waals surface area contributed by atoms with Gasteiger partial charge in [0.2, 0.25) is 0 Å². The highest BCUT2D eigenvalue weighted by Gasteiger charge is 2.19. The zero-order valence-electron chi connectivity index (χ0n) is 21.6. The van der Waals surface area contributed by atoms with Crippen molar-refractivity contribution in [1.82, 2.24) is 4.57 Å². The van der Waals surface area contributed by atoms with E-state index in [9.17, 15) is 0 Å². The van der Waals surface area contributed by atoms with Crippen LogP contribution in [0, 0.1) is 0 Å². The SMILES string of the molecule is CC(N=C(C=C(N)c1ccccc1)c1ccccc1)n1c2ccccc2c2c3sc4ccccc4c3ccc21. The molecule has 0 aliphatic heterocycles. The van der Waals surface area contributed by atoms with Gasteiger partial charge < -0.3 is 10.3 Å². The summed E-state index contributed by atoms with van der Waals surface area (Å²) in [5.41, 5.74) is 12.5. The fourth-order valence-electron chi connectivity index (χ4n) is 5.59. The number of aliphatic imine (C=N–C) groups is 1. The Balaban J connectivity index is 1.46. The largest absolute Gasteiger partial charge is 0.398 e. The van der Waals surface area contributed by atoms with Gasteiger partial charge in [-0.15, -0.1) is 11.3 Å². The van der Waals surface area contributed by atoms with E-state index >= 15 is 0 Å². The zero-order valence-corrected chi connectivity index (χ0v) is 22.4. The molecule has 0 bridgehead atoms. The molecule has 0 spiro atoms. The first kappa shape index (κ1) is 23.4. The van der Waals surface area contributed by atoms with E-state index < -0.39 is 0 Å². The number of nitrogens with two attached hydrogens (primary N) is 1. The van der Waals surface area contributed by atoms with Gasteiger partial charge in [0.25, 0.3) is 0 Å². The molecular weight excluding hydrogens is 494 g/mol. The van der Waals surface area contributed by atoms with Gasteiger partial charge >= 0.3 is 0 Å². The minimum Gasteiger partial charge on any atom is -0.398 e. The molecule has 39 heavy (non-hydrogen) atoms. The highest BCUT2D eigenvalue weighted by Crippen LogP contribution is 2.43. The predicted molar refractivity (Wildman–Crippen MR) is 169 cm³/mol. The topological polar surface area (TPSA) is 43.3 Å². The number of hydrogen-bond acceptors (Lipinski definition) is 3. The fourth-order valence-corrected chi connectivity index (χ4v) is 6.85. The lowest BCUT2D eigenvalue weighted by atomic mass is 10.1. The highest BCUT2D eigenvalue weighted by molar-refractivity contribution is 7.26. The monoisotopic (exact) mass is 521 g/mol. The first-order valence-corrected chi connectivity index (χ1v) is 14.0. The molecule has 0 aliphatic rings. The maximum absolute atomic E-state index is 6.58. The van der Waals surface area contributed by atoms with Gasteiger partial charge in [-0.05, 0) is 42.3 Å². The summed E-state index contributed by atoms with van der Waals surface area (Å²) in [6.45, 7) is 2.16. The molecule has 188 valence electrons. The van der Waals surface area contributed by atoms with Crippen LogP contribution in [0.15, 0.2) is 132 Å². The number of benzene rings is 5. The molecule has 2 N–H and O–H groups in total. The van der Waals surface area contributed by atoms with Crippen LogP contribution in [0.2, 0.25) is 0 Å². The number of aromatic nitrogens is 1. The molecular formula is C35H27N3S. The molecule has 4 heteroatoms. The third-order valence-corrected chi connectivity index (χ3v) is 8.59. The molecule has 2 aromatic heterocycles. The number of para-hydroxylation sites is 1. The van der Waals surface area contributed by atoms with Crippen molar-refractivity contribution in [3.63, 3.8) is 0 Å². The first-order valence-electron chi connectivity index (χ1n) is 13.2. The average Bonchev–Trinajstić information content (AvgIpc) is 3.53. The van der Waals surface area contributed by atoms with Gasteiger partial charge in [0, 0.05) is 36.6 Å². The summed E-state index contributed by atoms with van der Waals surface area (Å²) in [6, 6.07) is 42.3. The Morgan fingerprint density at radius 3 is 2.10 bits per heavy atom. The van der Waals surface area contributed by atoms with Crippen molar-refractivity contribution in [3.8, 4) is 0 Å². The van der Waals surface area contributed by atoms with Crippen LogP contribution in [-0.4, -0.2) is 10.3 Å². The molecule has 2 heterocycles. The van der Waals surface area contributed by atoms with Crippen molar-refractivity contribution in [1.29, 1.82) is 0 Å². The molecule has 0 saturated carbocycles. The van der Waals surface area contributed by atoms with Gasteiger partial charge in [0.05, 0.1) is 16.7 Å². The van der Waals surface area contributed by atoms with Gasteiger partial charge in [-0.1, -0.05) is 103 Å². The predicted octanol–water partition coefficient (Wildman–Crippen LogP) is 9.17. The molecule has 7 aromatic rings. The van der Waals surface area contributed by atoms with E-state index in [1.807, 2.05) is 65.9 Å². The molecule has 1 atom stereocenters. The van der Waals surface area contributed by atoms with Crippen molar-refractivity contribution >= 4 is 64.7 Å². The summed E-state index contributed by atoms with van der Waals surface area (Å²) in [7, 11) is 0. The van der Waals surface area contributed by atoms with Crippen molar-refractivity contribution < 1.29 is 0 Å². The lowest BCUT2D eigenvalue weighted by Crippen LogP contribution is -2.09. The van der Waals surface area contributed by atoms with Gasteiger partial charge in [-0.25, -0.2) is 0 Å². The summed E-state index contributed by atoms with van der Waals surface area (Å²) in [5.74, 6) is 0. The van der Waals surface area contributed by atoms with Crippen LogP contribution in [0.1, 0.15) is 24.2 Å². The van der Waals surface area contributed by atoms with Crippen molar-refractivity contribution in [2.75, 3.05) is 0 Å². The Hall–Kier alpha value is -4.67. The van der Waals surface area contributed by atoms with Crippen LogP contribution in [0.4, 0.5) is 0 Å². The summed E-state index contributed by atoms with van der Waals surface area (Å²) in [6.07, 6.45) is 1.84. The number of hydrogen-bond donors (Lipinski definition) is 1. The van der Waals surface area contributed by atoms with E-state index in [0.29, 0.717) is 5.70 Å². The van der Waals surface area contributed by atoms with E-state index in [-0.39, 0.29) is 6.17 Å². The molecule has 0 amide bonds. The molecule has 3 nitrogen and oxygen atoms in total. The second kappa shape index (κ2) is 9.57. The number of thiophene rings is 1. The second-order valence-corrected chi connectivity index (χ2v) is 10.9. The Bertz CT molecular complexity index is 2030. The summed E-state index contributed by atoms with van der Waals surface area (Å²) in [5, 5.41) is 5.18. The van der Waals surface area contributed by atoms with Crippen molar-refractivity contribution in [2.45, 2.75) is 13.1 Å². The minimum atomic E-state index is -0.158. The lowest BCUT2D eigenvalue weighted by molar-refractivity contribution is 0.614.